The maximum atomic E-state index is 10.9. The smallest absolute Gasteiger partial charge is 0.217 e. The summed E-state index contributed by atoms with van der Waals surface area (Å²) in [6.45, 7) is 1.55. The van der Waals surface area contributed by atoms with Gasteiger partial charge in [0.25, 0.3) is 0 Å². The number of rotatable bonds is 4. The number of hydrogen-bond acceptors (Lipinski definition) is 2. The van der Waals surface area contributed by atoms with Crippen molar-refractivity contribution in [2.24, 2.45) is 0 Å². The Labute approximate surface area is 83.8 Å². The van der Waals surface area contributed by atoms with Crippen LogP contribution >= 0.6 is 0 Å². The molecule has 3 heteroatoms. The van der Waals surface area contributed by atoms with E-state index >= 15 is 0 Å². The molecule has 0 aliphatic carbocycles. The molecule has 0 heterocycles. The van der Waals surface area contributed by atoms with E-state index in [0.29, 0.717) is 6.42 Å². The third-order valence-electron chi connectivity index (χ3n) is 2.00. The maximum Gasteiger partial charge on any atom is 0.217 e. The molecule has 0 aromatic heterocycles. The van der Waals surface area contributed by atoms with Crippen LogP contribution in [0.5, 0.6) is 0 Å². The predicted molar refractivity (Wildman–Crippen MR) is 54.7 cm³/mol. The van der Waals surface area contributed by atoms with E-state index in [2.05, 4.69) is 5.32 Å². The van der Waals surface area contributed by atoms with Gasteiger partial charge in [0.1, 0.15) is 0 Å². The first-order valence-electron chi connectivity index (χ1n) is 4.67. The van der Waals surface area contributed by atoms with Crippen LogP contribution in [-0.4, -0.2) is 17.6 Å². The molecule has 14 heavy (non-hydrogen) atoms. The molecule has 0 aliphatic rings. The summed E-state index contributed by atoms with van der Waals surface area (Å²) in [6, 6.07) is 9.56. The lowest BCUT2D eigenvalue weighted by molar-refractivity contribution is -0.119. The monoisotopic (exact) mass is 193 g/mol. The first kappa shape index (κ1) is 10.7. The molecule has 1 atom stereocenters. The molecule has 2 N–H and O–H groups in total. The molecule has 0 unspecified atom stereocenters. The molecule has 0 bridgehead atoms. The van der Waals surface area contributed by atoms with Crippen LogP contribution in [0.4, 0.5) is 0 Å². The molecule has 1 rings (SSSR count). The van der Waals surface area contributed by atoms with Gasteiger partial charge >= 0.3 is 0 Å². The number of aliphatic hydroxyl groups is 1. The van der Waals surface area contributed by atoms with Gasteiger partial charge in [-0.25, -0.2) is 0 Å². The first-order valence-corrected chi connectivity index (χ1v) is 4.67. The number of nitrogens with one attached hydrogen (secondary N) is 1. The summed E-state index contributed by atoms with van der Waals surface area (Å²) in [5.41, 5.74) is 1.02. The Morgan fingerprint density at radius 2 is 2.07 bits per heavy atom. The van der Waals surface area contributed by atoms with Crippen molar-refractivity contribution in [2.45, 2.75) is 19.4 Å². The third-order valence-corrected chi connectivity index (χ3v) is 2.00. The maximum absolute atomic E-state index is 10.9. The van der Waals surface area contributed by atoms with Crippen LogP contribution in [0.1, 0.15) is 24.9 Å². The van der Waals surface area contributed by atoms with Gasteiger partial charge in [0.15, 0.2) is 0 Å². The number of benzene rings is 1. The number of carbonyl (C=O) groups is 1. The Balaban J connectivity index is 2.72. The van der Waals surface area contributed by atoms with Crippen molar-refractivity contribution in [3.63, 3.8) is 0 Å². The molecular formula is C11H15NO2. The highest BCUT2D eigenvalue weighted by Crippen LogP contribution is 2.15. The molecule has 0 radical (unpaired) electrons. The largest absolute Gasteiger partial charge is 0.396 e. The summed E-state index contributed by atoms with van der Waals surface area (Å²) in [4.78, 5) is 10.9. The van der Waals surface area contributed by atoms with E-state index in [0.717, 1.165) is 5.56 Å². The molecule has 0 fully saturated rings. The summed E-state index contributed by atoms with van der Waals surface area (Å²) in [6.07, 6.45) is 0.545. The molecular weight excluding hydrogens is 178 g/mol. The van der Waals surface area contributed by atoms with Crippen LogP contribution in [-0.2, 0) is 4.79 Å². The lowest BCUT2D eigenvalue weighted by Gasteiger charge is -2.16. The van der Waals surface area contributed by atoms with Gasteiger partial charge in [-0.1, -0.05) is 30.3 Å². The van der Waals surface area contributed by atoms with Gasteiger partial charge in [-0.05, 0) is 12.0 Å². The van der Waals surface area contributed by atoms with Crippen molar-refractivity contribution in [1.82, 2.24) is 5.32 Å². The summed E-state index contributed by atoms with van der Waals surface area (Å²) in [7, 11) is 0. The standard InChI is InChI=1S/C11H15NO2/c1-9(14)12-11(7-8-13)10-5-3-2-4-6-10/h2-6,11,13H,7-8H2,1H3,(H,12,14)/t11-/m0/s1. The van der Waals surface area contributed by atoms with Gasteiger partial charge in [-0.3, -0.25) is 4.79 Å². The third kappa shape index (κ3) is 3.18. The van der Waals surface area contributed by atoms with E-state index in [1.807, 2.05) is 30.3 Å². The van der Waals surface area contributed by atoms with E-state index in [1.165, 1.54) is 6.92 Å². The predicted octanol–water partition coefficient (Wildman–Crippen LogP) is 1.25. The zero-order valence-corrected chi connectivity index (χ0v) is 8.23. The molecule has 76 valence electrons. The summed E-state index contributed by atoms with van der Waals surface area (Å²) in [5, 5.41) is 11.7. The highest BCUT2D eigenvalue weighted by atomic mass is 16.3. The molecule has 0 spiro atoms. The number of aliphatic hydroxyl groups excluding tert-OH is 1. The van der Waals surface area contributed by atoms with Crippen molar-refractivity contribution in [2.75, 3.05) is 6.61 Å². The topological polar surface area (TPSA) is 49.3 Å². The highest BCUT2D eigenvalue weighted by Gasteiger charge is 2.10. The lowest BCUT2D eigenvalue weighted by atomic mass is 10.0. The molecule has 0 aliphatic heterocycles. The van der Waals surface area contributed by atoms with Crippen LogP contribution in [0.25, 0.3) is 0 Å². The first-order chi connectivity index (χ1) is 6.74. The number of hydrogen-bond donors (Lipinski definition) is 2. The fraction of sp³-hybridized carbons (Fsp3) is 0.364. The van der Waals surface area contributed by atoms with E-state index in [1.54, 1.807) is 0 Å². The van der Waals surface area contributed by atoms with E-state index in [-0.39, 0.29) is 18.6 Å². The van der Waals surface area contributed by atoms with Crippen LogP contribution in [0.2, 0.25) is 0 Å². The lowest BCUT2D eigenvalue weighted by Crippen LogP contribution is -2.26. The van der Waals surface area contributed by atoms with Gasteiger partial charge in [-0.15, -0.1) is 0 Å². The second-order valence-corrected chi connectivity index (χ2v) is 3.18. The molecule has 0 saturated heterocycles. The van der Waals surface area contributed by atoms with Crippen LogP contribution < -0.4 is 5.32 Å². The summed E-state index contributed by atoms with van der Waals surface area (Å²) < 4.78 is 0. The molecule has 1 aromatic rings. The van der Waals surface area contributed by atoms with Crippen LogP contribution in [0.3, 0.4) is 0 Å². The van der Waals surface area contributed by atoms with Crippen molar-refractivity contribution >= 4 is 5.91 Å². The van der Waals surface area contributed by atoms with E-state index < -0.39 is 0 Å². The average Bonchev–Trinajstić information content (AvgIpc) is 2.18. The van der Waals surface area contributed by atoms with Gasteiger partial charge < -0.3 is 10.4 Å². The number of carbonyl (C=O) groups excluding carboxylic acids is 1. The Morgan fingerprint density at radius 1 is 1.43 bits per heavy atom. The fourth-order valence-electron chi connectivity index (χ4n) is 1.38. The zero-order chi connectivity index (χ0) is 10.4. The second-order valence-electron chi connectivity index (χ2n) is 3.18. The Morgan fingerprint density at radius 3 is 2.57 bits per heavy atom. The highest BCUT2D eigenvalue weighted by molar-refractivity contribution is 5.73. The number of amides is 1. The Hall–Kier alpha value is -1.35. The van der Waals surface area contributed by atoms with Gasteiger partial charge in [0.2, 0.25) is 5.91 Å². The van der Waals surface area contributed by atoms with Crippen molar-refractivity contribution in [3.8, 4) is 0 Å². The van der Waals surface area contributed by atoms with Crippen molar-refractivity contribution in [3.05, 3.63) is 35.9 Å². The summed E-state index contributed by atoms with van der Waals surface area (Å²) >= 11 is 0. The average molecular weight is 193 g/mol. The molecule has 1 amide bonds. The summed E-state index contributed by atoms with van der Waals surface area (Å²) in [5.74, 6) is -0.0766. The van der Waals surface area contributed by atoms with Crippen LogP contribution in [0, 0.1) is 0 Å². The molecule has 0 saturated carbocycles. The SMILES string of the molecule is CC(=O)N[C@@H](CCO)c1ccccc1. The van der Waals surface area contributed by atoms with Crippen molar-refractivity contribution < 1.29 is 9.90 Å². The fourth-order valence-corrected chi connectivity index (χ4v) is 1.38. The van der Waals surface area contributed by atoms with Gasteiger partial charge in [0.05, 0.1) is 6.04 Å². The quantitative estimate of drug-likeness (QED) is 0.756. The molecule has 1 aromatic carbocycles. The zero-order valence-electron chi connectivity index (χ0n) is 8.23. The van der Waals surface area contributed by atoms with Crippen molar-refractivity contribution in [1.29, 1.82) is 0 Å². The Kier molecular flexibility index (Phi) is 4.13. The minimum atomic E-state index is -0.0845. The molecule has 3 nitrogen and oxygen atoms in total. The normalized spacial score (nSPS) is 12.1. The van der Waals surface area contributed by atoms with Crippen LogP contribution in [0.15, 0.2) is 30.3 Å². The Bertz CT molecular complexity index is 285. The van der Waals surface area contributed by atoms with E-state index in [4.69, 9.17) is 5.11 Å². The minimum absolute atomic E-state index is 0.0693. The van der Waals surface area contributed by atoms with Gasteiger partial charge in [0, 0.05) is 13.5 Å². The second kappa shape index (κ2) is 5.40. The van der Waals surface area contributed by atoms with Gasteiger partial charge in [-0.2, -0.15) is 0 Å². The minimum Gasteiger partial charge on any atom is -0.396 e. The van der Waals surface area contributed by atoms with E-state index in [9.17, 15) is 4.79 Å².